The van der Waals surface area contributed by atoms with Crippen LogP contribution in [0, 0.1) is 0 Å². The van der Waals surface area contributed by atoms with E-state index in [-0.39, 0.29) is 18.4 Å². The van der Waals surface area contributed by atoms with Crippen molar-refractivity contribution in [3.05, 3.63) is 29.8 Å². The zero-order chi connectivity index (χ0) is 15.1. The van der Waals surface area contributed by atoms with E-state index in [0.29, 0.717) is 13.0 Å². The molecule has 0 aromatic heterocycles. The maximum Gasteiger partial charge on any atom is 0.258 e. The summed E-state index contributed by atoms with van der Waals surface area (Å²) in [5.74, 6) is 0.359. The molecule has 0 bridgehead atoms. The molecule has 1 aromatic carbocycles. The lowest BCUT2D eigenvalue weighted by molar-refractivity contribution is -0.129. The highest BCUT2D eigenvalue weighted by molar-refractivity contribution is 5.88. The van der Waals surface area contributed by atoms with Crippen LogP contribution in [0.4, 0.5) is 0 Å². The molecule has 2 rings (SSSR count). The molecule has 1 fully saturated rings. The summed E-state index contributed by atoms with van der Waals surface area (Å²) in [7, 11) is 0. The second kappa shape index (κ2) is 7.67. The van der Waals surface area contributed by atoms with E-state index in [0.717, 1.165) is 30.6 Å². The van der Waals surface area contributed by atoms with Gasteiger partial charge in [-0.3, -0.25) is 9.59 Å². The quantitative estimate of drug-likeness (QED) is 0.861. The van der Waals surface area contributed by atoms with E-state index < -0.39 is 6.04 Å². The third-order valence-electron chi connectivity index (χ3n) is 3.58. The third kappa shape index (κ3) is 4.48. The van der Waals surface area contributed by atoms with Crippen molar-refractivity contribution >= 4 is 11.8 Å². The normalized spacial score (nSPS) is 18.5. The van der Waals surface area contributed by atoms with E-state index in [1.54, 1.807) is 0 Å². The second-order valence-corrected chi connectivity index (χ2v) is 5.16. The maximum atomic E-state index is 11.9. The Morgan fingerprint density at radius 2 is 2.19 bits per heavy atom. The average molecular weight is 290 g/mol. The van der Waals surface area contributed by atoms with E-state index in [9.17, 15) is 9.59 Å². The van der Waals surface area contributed by atoms with Crippen molar-refractivity contribution in [3.63, 3.8) is 0 Å². The minimum atomic E-state index is -0.440. The highest BCUT2D eigenvalue weighted by Crippen LogP contribution is 2.18. The SMILES string of the molecule is CCc1ccccc1OCC(=O)N[C@@H]1CCCCNC1=O. The number of rotatable bonds is 5. The van der Waals surface area contributed by atoms with Gasteiger partial charge in [0.05, 0.1) is 0 Å². The molecule has 1 heterocycles. The van der Waals surface area contributed by atoms with Crippen LogP contribution < -0.4 is 15.4 Å². The van der Waals surface area contributed by atoms with Crippen molar-refractivity contribution in [2.24, 2.45) is 0 Å². The molecule has 0 radical (unpaired) electrons. The predicted octanol–water partition coefficient (Wildman–Crippen LogP) is 1.41. The van der Waals surface area contributed by atoms with Crippen molar-refractivity contribution in [2.45, 2.75) is 38.6 Å². The van der Waals surface area contributed by atoms with Gasteiger partial charge in [0.25, 0.3) is 5.91 Å². The highest BCUT2D eigenvalue weighted by Gasteiger charge is 2.22. The molecule has 114 valence electrons. The van der Waals surface area contributed by atoms with Gasteiger partial charge in [0.15, 0.2) is 6.61 Å². The Hall–Kier alpha value is -2.04. The van der Waals surface area contributed by atoms with Crippen molar-refractivity contribution in [3.8, 4) is 5.75 Å². The summed E-state index contributed by atoms with van der Waals surface area (Å²) in [6.45, 7) is 2.66. The Morgan fingerprint density at radius 1 is 1.38 bits per heavy atom. The summed E-state index contributed by atoms with van der Waals surface area (Å²) in [4.78, 5) is 23.7. The van der Waals surface area contributed by atoms with Gasteiger partial charge in [-0.2, -0.15) is 0 Å². The summed E-state index contributed by atoms with van der Waals surface area (Å²) >= 11 is 0. The number of aryl methyl sites for hydroxylation is 1. The van der Waals surface area contributed by atoms with E-state index in [4.69, 9.17) is 4.74 Å². The Balaban J connectivity index is 1.85. The molecule has 1 aliphatic heterocycles. The maximum absolute atomic E-state index is 11.9. The number of hydrogen-bond donors (Lipinski definition) is 2. The van der Waals surface area contributed by atoms with E-state index in [1.807, 2.05) is 31.2 Å². The first-order valence-electron chi connectivity index (χ1n) is 7.48. The lowest BCUT2D eigenvalue weighted by atomic mass is 10.1. The number of para-hydroxylation sites is 1. The first-order chi connectivity index (χ1) is 10.2. The van der Waals surface area contributed by atoms with Gasteiger partial charge in [-0.1, -0.05) is 25.1 Å². The molecule has 1 aromatic rings. The number of carbonyl (C=O) groups is 2. The lowest BCUT2D eigenvalue weighted by Gasteiger charge is -2.16. The van der Waals surface area contributed by atoms with Gasteiger partial charge in [0.2, 0.25) is 5.91 Å². The van der Waals surface area contributed by atoms with Crippen LogP contribution in [0.3, 0.4) is 0 Å². The first kappa shape index (κ1) is 15.4. The molecule has 0 aliphatic carbocycles. The number of nitrogens with one attached hydrogen (secondary N) is 2. The molecule has 0 spiro atoms. The molecule has 5 nitrogen and oxygen atoms in total. The average Bonchev–Trinajstić information content (AvgIpc) is 2.70. The largest absolute Gasteiger partial charge is 0.483 e. The van der Waals surface area contributed by atoms with Crippen LogP contribution in [0.1, 0.15) is 31.7 Å². The van der Waals surface area contributed by atoms with Crippen molar-refractivity contribution in [2.75, 3.05) is 13.2 Å². The fraction of sp³-hybridized carbons (Fsp3) is 0.500. The number of ether oxygens (including phenoxy) is 1. The molecule has 1 saturated heterocycles. The fourth-order valence-corrected chi connectivity index (χ4v) is 2.39. The number of benzene rings is 1. The highest BCUT2D eigenvalue weighted by atomic mass is 16.5. The molecule has 21 heavy (non-hydrogen) atoms. The van der Waals surface area contributed by atoms with Crippen LogP contribution in [-0.4, -0.2) is 31.0 Å². The van der Waals surface area contributed by atoms with Gasteiger partial charge < -0.3 is 15.4 Å². The molecule has 2 N–H and O–H groups in total. The van der Waals surface area contributed by atoms with Crippen LogP contribution in [0.2, 0.25) is 0 Å². The Morgan fingerprint density at radius 3 is 3.00 bits per heavy atom. The third-order valence-corrected chi connectivity index (χ3v) is 3.58. The van der Waals surface area contributed by atoms with Crippen molar-refractivity contribution in [1.29, 1.82) is 0 Å². The lowest BCUT2D eigenvalue weighted by Crippen LogP contribution is -2.46. The van der Waals surface area contributed by atoms with Gasteiger partial charge in [-0.15, -0.1) is 0 Å². The molecule has 1 aliphatic rings. The van der Waals surface area contributed by atoms with Gasteiger partial charge in [-0.05, 0) is 37.3 Å². The predicted molar refractivity (Wildman–Crippen MR) is 80.1 cm³/mol. The van der Waals surface area contributed by atoms with Crippen molar-refractivity contribution in [1.82, 2.24) is 10.6 Å². The zero-order valence-electron chi connectivity index (χ0n) is 12.4. The summed E-state index contributed by atoms with van der Waals surface area (Å²) in [6, 6.07) is 7.22. The molecular weight excluding hydrogens is 268 g/mol. The second-order valence-electron chi connectivity index (χ2n) is 5.16. The zero-order valence-corrected chi connectivity index (χ0v) is 12.4. The van der Waals surface area contributed by atoms with Gasteiger partial charge in [-0.25, -0.2) is 0 Å². The van der Waals surface area contributed by atoms with E-state index in [1.165, 1.54) is 0 Å². The van der Waals surface area contributed by atoms with Crippen molar-refractivity contribution < 1.29 is 14.3 Å². The number of carbonyl (C=O) groups excluding carboxylic acids is 2. The molecule has 1 atom stereocenters. The number of amides is 2. The van der Waals surface area contributed by atoms with Crippen LogP contribution >= 0.6 is 0 Å². The summed E-state index contributed by atoms with van der Waals surface area (Å²) in [5, 5.41) is 5.54. The Kier molecular flexibility index (Phi) is 5.60. The van der Waals surface area contributed by atoms with Crippen LogP contribution in [0.25, 0.3) is 0 Å². The minimum Gasteiger partial charge on any atom is -0.483 e. The summed E-state index contributed by atoms with van der Waals surface area (Å²) in [5.41, 5.74) is 1.07. The molecule has 0 unspecified atom stereocenters. The van der Waals surface area contributed by atoms with Gasteiger partial charge in [0, 0.05) is 6.54 Å². The first-order valence-corrected chi connectivity index (χ1v) is 7.48. The topological polar surface area (TPSA) is 67.4 Å². The summed E-state index contributed by atoms with van der Waals surface area (Å²) < 4.78 is 5.55. The smallest absolute Gasteiger partial charge is 0.258 e. The van der Waals surface area contributed by atoms with Crippen LogP contribution in [0.15, 0.2) is 24.3 Å². The molecule has 2 amide bonds. The van der Waals surface area contributed by atoms with Crippen LogP contribution in [0.5, 0.6) is 5.75 Å². The van der Waals surface area contributed by atoms with E-state index >= 15 is 0 Å². The monoisotopic (exact) mass is 290 g/mol. The Labute approximate surface area is 125 Å². The van der Waals surface area contributed by atoms with Gasteiger partial charge in [0.1, 0.15) is 11.8 Å². The summed E-state index contributed by atoms with van der Waals surface area (Å²) in [6.07, 6.45) is 3.42. The van der Waals surface area contributed by atoms with Gasteiger partial charge >= 0.3 is 0 Å². The molecular formula is C16H22N2O3. The molecule has 5 heteroatoms. The van der Waals surface area contributed by atoms with Crippen LogP contribution in [-0.2, 0) is 16.0 Å². The Bertz CT molecular complexity index is 502. The number of hydrogen-bond acceptors (Lipinski definition) is 3. The molecule has 0 saturated carbocycles. The van der Waals surface area contributed by atoms with E-state index in [2.05, 4.69) is 10.6 Å². The fourth-order valence-electron chi connectivity index (χ4n) is 2.39. The standard InChI is InChI=1S/C16H22N2O3/c1-2-12-7-3-4-9-14(12)21-11-15(19)18-13-8-5-6-10-17-16(13)20/h3-4,7,9,13H,2,5-6,8,10-11H2,1H3,(H,17,20)(H,18,19)/t13-/m1/s1. The minimum absolute atomic E-state index is 0.0687.